The zero-order chi connectivity index (χ0) is 13.4. The lowest BCUT2D eigenvalue weighted by atomic mass is 10.1. The number of pyridine rings is 1. The van der Waals surface area contributed by atoms with Crippen LogP contribution in [0.15, 0.2) is 48.7 Å². The molecule has 0 aliphatic carbocycles. The number of fused-ring (bicyclic) bond motifs is 1. The van der Waals surface area contributed by atoms with Gasteiger partial charge in [0.25, 0.3) is 0 Å². The average Bonchev–Trinajstić information content (AvgIpc) is 2.77. The van der Waals surface area contributed by atoms with E-state index in [9.17, 15) is 4.79 Å². The molecule has 1 aromatic carbocycles. The molecule has 2 heterocycles. The van der Waals surface area contributed by atoms with E-state index in [2.05, 4.69) is 4.98 Å². The van der Waals surface area contributed by atoms with Crippen LogP contribution in [0.1, 0.15) is 16.2 Å². The molecule has 0 spiro atoms. The highest BCUT2D eigenvalue weighted by Crippen LogP contribution is 2.18. The van der Waals surface area contributed by atoms with Crippen molar-refractivity contribution in [2.24, 2.45) is 0 Å². The summed E-state index contributed by atoms with van der Waals surface area (Å²) in [7, 11) is 0. The number of aromatic nitrogens is 2. The summed E-state index contributed by atoms with van der Waals surface area (Å²) < 4.78 is 1.69. The average molecular weight is 252 g/mol. The number of nitrogens with zero attached hydrogens (tertiary/aromatic N) is 2. The van der Waals surface area contributed by atoms with E-state index in [0.29, 0.717) is 22.9 Å². The van der Waals surface area contributed by atoms with E-state index in [1.165, 1.54) is 0 Å². The first kappa shape index (κ1) is 11.3. The maximum atomic E-state index is 12.4. The molecule has 5 heteroatoms. The fraction of sp³-hybridized carbons (Fsp3) is 0. The van der Waals surface area contributed by atoms with Crippen LogP contribution in [0.2, 0.25) is 0 Å². The Morgan fingerprint density at radius 1 is 1.05 bits per heavy atom. The Hall–Kier alpha value is -2.82. The summed E-state index contributed by atoms with van der Waals surface area (Å²) in [6, 6.07) is 12.2. The van der Waals surface area contributed by atoms with Gasteiger partial charge in [0.15, 0.2) is 5.82 Å². The van der Waals surface area contributed by atoms with Gasteiger partial charge in [-0.25, -0.2) is 4.98 Å². The quantitative estimate of drug-likeness (QED) is 0.537. The first-order valence-corrected chi connectivity index (χ1v) is 5.79. The number of ketones is 1. The SMILES string of the molecule is Nc1ccc(C(=O)c2nc(N)c3ccccn23)cc1. The molecule has 94 valence electrons. The molecule has 2 aromatic heterocycles. The molecule has 0 unspecified atom stereocenters. The van der Waals surface area contributed by atoms with Crippen LogP contribution in [-0.4, -0.2) is 15.2 Å². The second-order valence-electron chi connectivity index (χ2n) is 4.23. The Morgan fingerprint density at radius 3 is 2.53 bits per heavy atom. The van der Waals surface area contributed by atoms with Gasteiger partial charge >= 0.3 is 0 Å². The molecule has 0 saturated carbocycles. The molecule has 0 saturated heterocycles. The summed E-state index contributed by atoms with van der Waals surface area (Å²) in [5.41, 5.74) is 13.3. The van der Waals surface area contributed by atoms with E-state index in [-0.39, 0.29) is 5.78 Å². The zero-order valence-corrected chi connectivity index (χ0v) is 10.1. The maximum absolute atomic E-state index is 12.4. The number of hydrogen-bond acceptors (Lipinski definition) is 4. The number of nitrogen functional groups attached to an aromatic ring is 2. The molecule has 0 fully saturated rings. The van der Waals surface area contributed by atoms with Gasteiger partial charge in [0.1, 0.15) is 5.82 Å². The van der Waals surface area contributed by atoms with Gasteiger partial charge in [0, 0.05) is 17.4 Å². The minimum absolute atomic E-state index is 0.182. The van der Waals surface area contributed by atoms with E-state index in [1.54, 1.807) is 34.9 Å². The highest BCUT2D eigenvalue weighted by atomic mass is 16.1. The van der Waals surface area contributed by atoms with Crippen LogP contribution in [-0.2, 0) is 0 Å². The topological polar surface area (TPSA) is 86.4 Å². The van der Waals surface area contributed by atoms with Crippen molar-refractivity contribution >= 4 is 22.8 Å². The summed E-state index contributed by atoms with van der Waals surface area (Å²) in [4.78, 5) is 16.6. The first-order valence-electron chi connectivity index (χ1n) is 5.79. The molecule has 5 nitrogen and oxygen atoms in total. The van der Waals surface area contributed by atoms with Crippen LogP contribution >= 0.6 is 0 Å². The van der Waals surface area contributed by atoms with E-state index >= 15 is 0 Å². The number of anilines is 2. The standard InChI is InChI=1S/C14H12N4O/c15-10-6-4-9(5-7-10)12(19)14-17-13(16)11-3-1-2-8-18(11)14/h1-8H,15-16H2. The van der Waals surface area contributed by atoms with E-state index in [1.807, 2.05) is 18.2 Å². The van der Waals surface area contributed by atoms with Crippen molar-refractivity contribution in [3.8, 4) is 0 Å². The number of rotatable bonds is 2. The van der Waals surface area contributed by atoms with Crippen LogP contribution in [0.25, 0.3) is 5.52 Å². The molecule has 0 bridgehead atoms. The van der Waals surface area contributed by atoms with Gasteiger partial charge in [-0.15, -0.1) is 0 Å². The van der Waals surface area contributed by atoms with Crippen molar-refractivity contribution in [1.82, 2.24) is 9.38 Å². The summed E-state index contributed by atoms with van der Waals surface area (Å²) >= 11 is 0. The number of hydrogen-bond donors (Lipinski definition) is 2. The van der Waals surface area contributed by atoms with Crippen molar-refractivity contribution in [3.63, 3.8) is 0 Å². The Bertz CT molecular complexity index is 759. The fourth-order valence-corrected chi connectivity index (χ4v) is 1.99. The summed E-state index contributed by atoms with van der Waals surface area (Å²) in [5, 5.41) is 0. The maximum Gasteiger partial charge on any atom is 0.228 e. The highest BCUT2D eigenvalue weighted by Gasteiger charge is 2.17. The molecule has 0 radical (unpaired) electrons. The van der Waals surface area contributed by atoms with Gasteiger partial charge in [-0.05, 0) is 36.4 Å². The molecular formula is C14H12N4O. The largest absolute Gasteiger partial charge is 0.399 e. The van der Waals surface area contributed by atoms with E-state index in [4.69, 9.17) is 11.5 Å². The lowest BCUT2D eigenvalue weighted by molar-refractivity contribution is 0.102. The molecule has 0 aliphatic rings. The molecule has 3 rings (SSSR count). The second kappa shape index (κ2) is 4.13. The number of imidazole rings is 1. The number of nitrogens with two attached hydrogens (primary N) is 2. The Morgan fingerprint density at radius 2 is 1.79 bits per heavy atom. The number of benzene rings is 1. The fourth-order valence-electron chi connectivity index (χ4n) is 1.99. The zero-order valence-electron chi connectivity index (χ0n) is 10.1. The Kier molecular flexibility index (Phi) is 2.45. The third-order valence-corrected chi connectivity index (χ3v) is 2.95. The molecule has 0 atom stereocenters. The molecule has 19 heavy (non-hydrogen) atoms. The molecule has 3 aromatic rings. The van der Waals surface area contributed by atoms with E-state index < -0.39 is 0 Å². The second-order valence-corrected chi connectivity index (χ2v) is 4.23. The molecule has 4 N–H and O–H groups in total. The minimum atomic E-state index is -0.182. The van der Waals surface area contributed by atoms with Gasteiger partial charge < -0.3 is 11.5 Å². The lowest BCUT2D eigenvalue weighted by Crippen LogP contribution is -2.07. The highest BCUT2D eigenvalue weighted by molar-refractivity contribution is 6.08. The van der Waals surface area contributed by atoms with Gasteiger partial charge in [0.2, 0.25) is 5.78 Å². The predicted molar refractivity (Wildman–Crippen MR) is 73.9 cm³/mol. The van der Waals surface area contributed by atoms with Gasteiger partial charge in [-0.2, -0.15) is 0 Å². The van der Waals surface area contributed by atoms with Gasteiger partial charge in [-0.3, -0.25) is 9.20 Å². The van der Waals surface area contributed by atoms with E-state index in [0.717, 1.165) is 5.52 Å². The number of carbonyl (C=O) groups is 1. The lowest BCUT2D eigenvalue weighted by Gasteiger charge is -2.01. The van der Waals surface area contributed by atoms with Crippen LogP contribution < -0.4 is 11.5 Å². The molecule has 0 amide bonds. The Balaban J connectivity index is 2.14. The summed E-state index contributed by atoms with van der Waals surface area (Å²) in [5.74, 6) is 0.468. The van der Waals surface area contributed by atoms with Crippen LogP contribution in [0.5, 0.6) is 0 Å². The van der Waals surface area contributed by atoms with Crippen molar-refractivity contribution < 1.29 is 4.79 Å². The van der Waals surface area contributed by atoms with Gasteiger partial charge in [-0.1, -0.05) is 6.07 Å². The third-order valence-electron chi connectivity index (χ3n) is 2.95. The Labute approximate surface area is 109 Å². The molecular weight excluding hydrogens is 240 g/mol. The van der Waals surface area contributed by atoms with Crippen molar-refractivity contribution in [2.75, 3.05) is 11.5 Å². The first-order chi connectivity index (χ1) is 9.16. The normalized spacial score (nSPS) is 10.7. The minimum Gasteiger partial charge on any atom is -0.399 e. The smallest absolute Gasteiger partial charge is 0.228 e. The van der Waals surface area contributed by atoms with Crippen molar-refractivity contribution in [2.45, 2.75) is 0 Å². The molecule has 0 aliphatic heterocycles. The third kappa shape index (κ3) is 1.81. The van der Waals surface area contributed by atoms with Crippen LogP contribution in [0.3, 0.4) is 0 Å². The van der Waals surface area contributed by atoms with Crippen molar-refractivity contribution in [3.05, 3.63) is 60.0 Å². The van der Waals surface area contributed by atoms with Crippen molar-refractivity contribution in [1.29, 1.82) is 0 Å². The van der Waals surface area contributed by atoms with Crippen LogP contribution in [0, 0.1) is 0 Å². The number of carbonyl (C=O) groups excluding carboxylic acids is 1. The van der Waals surface area contributed by atoms with Crippen LogP contribution in [0.4, 0.5) is 11.5 Å². The summed E-state index contributed by atoms with van der Waals surface area (Å²) in [6.07, 6.45) is 1.77. The summed E-state index contributed by atoms with van der Waals surface area (Å²) in [6.45, 7) is 0. The predicted octanol–water partition coefficient (Wildman–Crippen LogP) is 1.73. The van der Waals surface area contributed by atoms with Gasteiger partial charge in [0.05, 0.1) is 5.52 Å². The monoisotopic (exact) mass is 252 g/mol.